The molecule has 33 heavy (non-hydrogen) atoms. The standard InChI is InChI=1S/C22H22F3N5O3/c1-14-9-18(22(23,24)25)30-19(27-14)10-17(28-30)16-7-8-29(12-16)20(31)11-26-21(32)33-13-15-5-3-2-4-6-15/h2-6,9-10,16H,7-8,11-13H2,1H3,(H,26,32)/t16-/m1/s1. The lowest BCUT2D eigenvalue weighted by molar-refractivity contribution is -0.142. The van der Waals surface area contributed by atoms with Crippen LogP contribution in [0.15, 0.2) is 42.5 Å². The SMILES string of the molecule is Cc1cc(C(F)(F)F)n2nc([C@@H]3CCN(C(=O)CNC(=O)OCc4ccccc4)C3)cc2n1. The first-order chi connectivity index (χ1) is 15.7. The molecule has 0 bridgehead atoms. The number of nitrogens with zero attached hydrogens (tertiary/aromatic N) is 4. The van der Waals surface area contributed by atoms with Gasteiger partial charge in [-0.25, -0.2) is 14.3 Å². The largest absolute Gasteiger partial charge is 0.445 e. The lowest BCUT2D eigenvalue weighted by Crippen LogP contribution is -2.39. The number of aryl methyl sites for hydroxylation is 1. The zero-order valence-corrected chi connectivity index (χ0v) is 17.8. The van der Waals surface area contributed by atoms with Crippen molar-refractivity contribution in [3.8, 4) is 0 Å². The number of alkyl carbamates (subject to hydrolysis) is 1. The van der Waals surface area contributed by atoms with Crippen molar-refractivity contribution in [3.63, 3.8) is 0 Å². The van der Waals surface area contributed by atoms with E-state index < -0.39 is 18.0 Å². The van der Waals surface area contributed by atoms with Gasteiger partial charge in [0.1, 0.15) is 18.8 Å². The molecule has 0 spiro atoms. The Morgan fingerprint density at radius 1 is 1.21 bits per heavy atom. The minimum atomic E-state index is -4.56. The quantitative estimate of drug-likeness (QED) is 0.630. The molecule has 2 aromatic heterocycles. The number of hydrogen-bond acceptors (Lipinski definition) is 5. The molecule has 1 saturated heterocycles. The second-order valence-corrected chi connectivity index (χ2v) is 7.86. The number of aromatic nitrogens is 3. The highest BCUT2D eigenvalue weighted by Gasteiger charge is 2.36. The molecular weight excluding hydrogens is 439 g/mol. The maximum atomic E-state index is 13.4. The Hall–Kier alpha value is -3.63. The van der Waals surface area contributed by atoms with E-state index in [1.165, 1.54) is 13.0 Å². The summed E-state index contributed by atoms with van der Waals surface area (Å²) in [4.78, 5) is 30.0. The smallest absolute Gasteiger partial charge is 0.433 e. The molecule has 11 heteroatoms. The summed E-state index contributed by atoms with van der Waals surface area (Å²) in [6.45, 7) is 2.06. The van der Waals surface area contributed by atoms with E-state index >= 15 is 0 Å². The van der Waals surface area contributed by atoms with Gasteiger partial charge in [-0.15, -0.1) is 0 Å². The van der Waals surface area contributed by atoms with Crippen molar-refractivity contribution in [2.75, 3.05) is 19.6 Å². The summed E-state index contributed by atoms with van der Waals surface area (Å²) in [5.41, 5.74) is 0.747. The average molecular weight is 461 g/mol. The Bertz CT molecular complexity index is 1160. The number of fused-ring (bicyclic) bond motifs is 1. The second kappa shape index (κ2) is 9.08. The van der Waals surface area contributed by atoms with Crippen LogP contribution in [0, 0.1) is 6.92 Å². The molecule has 0 saturated carbocycles. The van der Waals surface area contributed by atoms with Crippen LogP contribution in [0.1, 0.15) is 35.0 Å². The van der Waals surface area contributed by atoms with E-state index in [-0.39, 0.29) is 36.3 Å². The molecule has 1 atom stereocenters. The molecule has 8 nitrogen and oxygen atoms in total. The van der Waals surface area contributed by atoms with E-state index in [4.69, 9.17) is 4.74 Å². The van der Waals surface area contributed by atoms with Crippen molar-refractivity contribution in [2.45, 2.75) is 32.0 Å². The Balaban J connectivity index is 1.34. The maximum absolute atomic E-state index is 13.4. The van der Waals surface area contributed by atoms with Crippen molar-refractivity contribution in [2.24, 2.45) is 0 Å². The van der Waals surface area contributed by atoms with Crippen molar-refractivity contribution in [1.29, 1.82) is 0 Å². The van der Waals surface area contributed by atoms with Crippen molar-refractivity contribution < 1.29 is 27.5 Å². The van der Waals surface area contributed by atoms with Crippen molar-refractivity contribution in [1.82, 2.24) is 24.8 Å². The molecule has 1 fully saturated rings. The van der Waals surface area contributed by atoms with Gasteiger partial charge >= 0.3 is 12.3 Å². The van der Waals surface area contributed by atoms with Gasteiger partial charge in [0.2, 0.25) is 5.91 Å². The normalized spacial score (nSPS) is 16.2. The highest BCUT2D eigenvalue weighted by atomic mass is 19.4. The van der Waals surface area contributed by atoms with Gasteiger partial charge < -0.3 is 15.0 Å². The predicted octanol–water partition coefficient (Wildman–Crippen LogP) is 3.30. The molecule has 1 aliphatic rings. The number of carbonyl (C=O) groups excluding carboxylic acids is 2. The summed E-state index contributed by atoms with van der Waals surface area (Å²) in [5, 5.41) is 6.56. The molecule has 0 aliphatic carbocycles. The second-order valence-electron chi connectivity index (χ2n) is 7.86. The number of amides is 2. The van der Waals surface area contributed by atoms with Crippen LogP contribution in [0.25, 0.3) is 5.65 Å². The first-order valence-electron chi connectivity index (χ1n) is 10.4. The van der Waals surface area contributed by atoms with E-state index in [1.54, 1.807) is 4.90 Å². The summed E-state index contributed by atoms with van der Waals surface area (Å²) in [5.74, 6) is -0.523. The predicted molar refractivity (Wildman–Crippen MR) is 111 cm³/mol. The van der Waals surface area contributed by atoms with Crippen molar-refractivity contribution >= 4 is 17.6 Å². The fraction of sp³-hybridized carbons (Fsp3) is 0.364. The third-order valence-corrected chi connectivity index (χ3v) is 5.42. The third-order valence-electron chi connectivity index (χ3n) is 5.42. The number of carbonyl (C=O) groups is 2. The van der Waals surface area contributed by atoms with Crippen LogP contribution in [0.2, 0.25) is 0 Å². The Morgan fingerprint density at radius 3 is 2.70 bits per heavy atom. The lowest BCUT2D eigenvalue weighted by Gasteiger charge is -2.16. The van der Waals surface area contributed by atoms with E-state index in [0.717, 1.165) is 16.1 Å². The number of halogens is 3. The minimum absolute atomic E-state index is 0.0912. The fourth-order valence-electron chi connectivity index (χ4n) is 3.78. The van der Waals surface area contributed by atoms with Gasteiger partial charge in [-0.05, 0) is 25.0 Å². The number of likely N-dealkylation sites (tertiary alicyclic amines) is 1. The summed E-state index contributed by atoms with van der Waals surface area (Å²) < 4.78 is 46.0. The van der Waals surface area contributed by atoms with Crippen LogP contribution in [0.3, 0.4) is 0 Å². The number of rotatable bonds is 5. The molecule has 3 aromatic rings. The summed E-state index contributed by atoms with van der Waals surface area (Å²) in [6, 6.07) is 11.6. The maximum Gasteiger partial charge on any atom is 0.433 e. The minimum Gasteiger partial charge on any atom is -0.445 e. The van der Waals surface area contributed by atoms with Gasteiger partial charge in [-0.2, -0.15) is 18.3 Å². The number of nitrogens with one attached hydrogen (secondary N) is 1. The molecule has 4 rings (SSSR count). The van der Waals surface area contributed by atoms with E-state index in [1.807, 2.05) is 30.3 Å². The summed E-state index contributed by atoms with van der Waals surface area (Å²) in [7, 11) is 0. The average Bonchev–Trinajstić information content (AvgIpc) is 3.42. The van der Waals surface area contributed by atoms with Gasteiger partial charge in [0, 0.05) is 30.8 Å². The highest BCUT2D eigenvalue weighted by molar-refractivity contribution is 5.82. The van der Waals surface area contributed by atoms with Crippen LogP contribution in [-0.2, 0) is 22.3 Å². The van der Waals surface area contributed by atoms with Gasteiger partial charge in [0.25, 0.3) is 0 Å². The van der Waals surface area contributed by atoms with Crippen LogP contribution >= 0.6 is 0 Å². The number of benzene rings is 1. The molecule has 0 unspecified atom stereocenters. The fourth-order valence-corrected chi connectivity index (χ4v) is 3.78. The number of alkyl halides is 3. The van der Waals surface area contributed by atoms with Gasteiger partial charge in [-0.3, -0.25) is 4.79 Å². The number of hydrogen-bond donors (Lipinski definition) is 1. The number of ether oxygens (including phenoxy) is 1. The Morgan fingerprint density at radius 2 is 1.97 bits per heavy atom. The molecule has 1 aliphatic heterocycles. The van der Waals surface area contributed by atoms with Gasteiger partial charge in [0.05, 0.1) is 5.69 Å². The van der Waals surface area contributed by atoms with E-state index in [0.29, 0.717) is 25.2 Å². The van der Waals surface area contributed by atoms with Crippen LogP contribution in [0.4, 0.5) is 18.0 Å². The molecule has 0 radical (unpaired) electrons. The molecular formula is C22H22F3N5O3. The van der Waals surface area contributed by atoms with Gasteiger partial charge in [0.15, 0.2) is 5.65 Å². The van der Waals surface area contributed by atoms with Crippen LogP contribution in [-0.4, -0.2) is 51.1 Å². The first-order valence-corrected chi connectivity index (χ1v) is 10.4. The summed E-state index contributed by atoms with van der Waals surface area (Å²) in [6.07, 6.45) is -4.72. The molecule has 1 N–H and O–H groups in total. The monoisotopic (exact) mass is 461 g/mol. The first kappa shape index (κ1) is 22.6. The summed E-state index contributed by atoms with van der Waals surface area (Å²) >= 11 is 0. The Labute approximate surface area is 187 Å². The molecule has 2 amide bonds. The van der Waals surface area contributed by atoms with Crippen molar-refractivity contribution in [3.05, 3.63) is 65.1 Å². The lowest BCUT2D eigenvalue weighted by atomic mass is 10.1. The van der Waals surface area contributed by atoms with Gasteiger partial charge in [-0.1, -0.05) is 30.3 Å². The topological polar surface area (TPSA) is 88.8 Å². The molecule has 3 heterocycles. The van der Waals surface area contributed by atoms with Crippen LogP contribution in [0.5, 0.6) is 0 Å². The van der Waals surface area contributed by atoms with Crippen LogP contribution < -0.4 is 5.32 Å². The van der Waals surface area contributed by atoms with E-state index in [9.17, 15) is 22.8 Å². The third kappa shape index (κ3) is 5.24. The molecule has 174 valence electrons. The van der Waals surface area contributed by atoms with E-state index in [2.05, 4.69) is 15.4 Å². The zero-order chi connectivity index (χ0) is 23.6. The molecule has 1 aromatic carbocycles. The zero-order valence-electron chi connectivity index (χ0n) is 17.8. The highest BCUT2D eigenvalue weighted by Crippen LogP contribution is 2.32. The Kier molecular flexibility index (Phi) is 6.21.